The molecule has 7 heteroatoms. The summed E-state index contributed by atoms with van der Waals surface area (Å²) in [5.74, 6) is 0.714. The number of carbonyl (C=O) groups is 1. The number of amides is 1. The van der Waals surface area contributed by atoms with Crippen LogP contribution in [0, 0.1) is 5.92 Å². The van der Waals surface area contributed by atoms with E-state index >= 15 is 0 Å². The predicted molar refractivity (Wildman–Crippen MR) is 144 cm³/mol. The highest BCUT2D eigenvalue weighted by Crippen LogP contribution is 2.23. The topological polar surface area (TPSA) is 67.2 Å². The zero-order valence-electron chi connectivity index (χ0n) is 20.8. The fourth-order valence-corrected chi connectivity index (χ4v) is 5.88. The minimum atomic E-state index is -0.0703. The molecule has 6 nitrogen and oxygen atoms in total. The third kappa shape index (κ3) is 5.98. The number of carbonyl (C=O) groups excluding carboxylic acids is 1. The lowest BCUT2D eigenvalue weighted by atomic mass is 9.89. The maximum Gasteiger partial charge on any atom is 0.274 e. The van der Waals surface area contributed by atoms with Gasteiger partial charge in [-0.3, -0.25) is 14.5 Å². The summed E-state index contributed by atoms with van der Waals surface area (Å²) in [6.07, 6.45) is 8.94. The number of hydrogen-bond donors (Lipinski definition) is 1. The van der Waals surface area contributed by atoms with E-state index in [-0.39, 0.29) is 17.5 Å². The van der Waals surface area contributed by atoms with Gasteiger partial charge in [0.1, 0.15) is 0 Å². The maximum absolute atomic E-state index is 13.4. The molecule has 0 bridgehead atoms. The number of hydrogen-bond acceptors (Lipinski definition) is 4. The molecule has 1 aliphatic heterocycles. The molecule has 5 rings (SSSR count). The average Bonchev–Trinajstić information content (AvgIpc) is 3.33. The number of halogens is 1. The van der Waals surface area contributed by atoms with Crippen molar-refractivity contribution < 1.29 is 4.79 Å². The minimum absolute atomic E-state index is 0.0703. The van der Waals surface area contributed by atoms with E-state index in [0.29, 0.717) is 35.8 Å². The van der Waals surface area contributed by atoms with Crippen molar-refractivity contribution in [2.75, 3.05) is 19.6 Å². The number of likely N-dealkylation sites (tertiary alicyclic amines) is 1. The van der Waals surface area contributed by atoms with Crippen molar-refractivity contribution in [1.82, 2.24) is 20.0 Å². The smallest absolute Gasteiger partial charge is 0.274 e. The third-order valence-electron chi connectivity index (χ3n) is 7.77. The molecule has 1 N–H and O–H groups in total. The van der Waals surface area contributed by atoms with Crippen LogP contribution in [-0.2, 0) is 17.8 Å². The van der Waals surface area contributed by atoms with E-state index in [9.17, 15) is 9.59 Å². The molecule has 2 fully saturated rings. The molecule has 190 valence electrons. The molecule has 2 heterocycles. The lowest BCUT2D eigenvalue weighted by molar-refractivity contribution is -0.122. The second kappa shape index (κ2) is 11.6. The van der Waals surface area contributed by atoms with Gasteiger partial charge in [-0.2, -0.15) is 5.10 Å². The van der Waals surface area contributed by atoms with Gasteiger partial charge in [0.05, 0.1) is 24.2 Å². The summed E-state index contributed by atoms with van der Waals surface area (Å²) < 4.78 is 1.62. The monoisotopic (exact) mass is 506 g/mol. The first-order valence-electron chi connectivity index (χ1n) is 13.3. The Hall–Kier alpha value is -2.70. The normalized spacial score (nSPS) is 19.1. The Morgan fingerprint density at radius 3 is 2.50 bits per heavy atom. The molecule has 1 atom stereocenters. The molecule has 2 aliphatic rings. The molecule has 1 aromatic heterocycles. The molecule has 36 heavy (non-hydrogen) atoms. The van der Waals surface area contributed by atoms with Crippen LogP contribution in [-0.4, -0.2) is 46.3 Å². The molecule has 1 saturated heterocycles. The van der Waals surface area contributed by atoms with E-state index in [1.54, 1.807) is 4.68 Å². The van der Waals surface area contributed by atoms with Gasteiger partial charge in [0.15, 0.2) is 0 Å². The van der Waals surface area contributed by atoms with Crippen molar-refractivity contribution in [3.05, 3.63) is 75.2 Å². The molecule has 1 saturated carbocycles. The number of benzene rings is 2. The van der Waals surface area contributed by atoms with Gasteiger partial charge in [-0.1, -0.05) is 61.2 Å². The van der Waals surface area contributed by atoms with E-state index in [2.05, 4.69) is 10.2 Å². The van der Waals surface area contributed by atoms with E-state index < -0.39 is 0 Å². The second-order valence-corrected chi connectivity index (χ2v) is 10.8. The van der Waals surface area contributed by atoms with Crippen LogP contribution in [0.25, 0.3) is 10.8 Å². The number of rotatable bonds is 8. The van der Waals surface area contributed by atoms with Gasteiger partial charge < -0.3 is 5.32 Å². The van der Waals surface area contributed by atoms with Crippen LogP contribution in [0.1, 0.15) is 56.2 Å². The van der Waals surface area contributed by atoms with Gasteiger partial charge in [0, 0.05) is 29.4 Å². The maximum atomic E-state index is 13.4. The Kier molecular flexibility index (Phi) is 8.02. The van der Waals surface area contributed by atoms with Gasteiger partial charge in [0.25, 0.3) is 5.56 Å². The van der Waals surface area contributed by atoms with E-state index in [1.165, 1.54) is 32.1 Å². The second-order valence-electron chi connectivity index (χ2n) is 10.4. The average molecular weight is 507 g/mol. The van der Waals surface area contributed by atoms with Crippen LogP contribution in [0.3, 0.4) is 0 Å². The van der Waals surface area contributed by atoms with Crippen molar-refractivity contribution in [1.29, 1.82) is 0 Å². The Morgan fingerprint density at radius 1 is 0.972 bits per heavy atom. The van der Waals surface area contributed by atoms with Gasteiger partial charge in [-0.05, 0) is 61.9 Å². The van der Waals surface area contributed by atoms with Crippen molar-refractivity contribution in [3.63, 3.8) is 0 Å². The summed E-state index contributed by atoms with van der Waals surface area (Å²) in [5, 5.41) is 10.3. The molecule has 0 unspecified atom stereocenters. The zero-order chi connectivity index (χ0) is 24.9. The highest BCUT2D eigenvalue weighted by Gasteiger charge is 2.28. The van der Waals surface area contributed by atoms with Crippen LogP contribution >= 0.6 is 11.6 Å². The largest absolute Gasteiger partial charge is 0.355 e. The summed E-state index contributed by atoms with van der Waals surface area (Å²) >= 11 is 6.07. The molecule has 0 radical (unpaired) electrons. The van der Waals surface area contributed by atoms with Gasteiger partial charge in [-0.15, -0.1) is 0 Å². The third-order valence-corrected chi connectivity index (χ3v) is 8.02. The van der Waals surface area contributed by atoms with Crippen LogP contribution in [0.4, 0.5) is 0 Å². The number of nitrogens with one attached hydrogen (secondary N) is 1. The Morgan fingerprint density at radius 2 is 1.72 bits per heavy atom. The highest BCUT2D eigenvalue weighted by molar-refractivity contribution is 6.30. The summed E-state index contributed by atoms with van der Waals surface area (Å²) in [6, 6.07) is 15.6. The lowest BCUT2D eigenvalue weighted by Gasteiger charge is -2.26. The number of nitrogens with zero attached hydrogens (tertiary/aromatic N) is 3. The van der Waals surface area contributed by atoms with Gasteiger partial charge >= 0.3 is 0 Å². The highest BCUT2D eigenvalue weighted by atomic mass is 35.5. The van der Waals surface area contributed by atoms with E-state index in [0.717, 1.165) is 42.6 Å². The van der Waals surface area contributed by atoms with Crippen LogP contribution < -0.4 is 10.9 Å². The summed E-state index contributed by atoms with van der Waals surface area (Å²) in [5.41, 5.74) is 1.90. The molecule has 1 amide bonds. The van der Waals surface area contributed by atoms with Crippen molar-refractivity contribution >= 4 is 28.3 Å². The molecule has 2 aromatic carbocycles. The fourth-order valence-electron chi connectivity index (χ4n) is 5.75. The Bertz CT molecular complexity index is 1250. The molecule has 1 aliphatic carbocycles. The van der Waals surface area contributed by atoms with Crippen molar-refractivity contribution in [2.24, 2.45) is 5.92 Å². The first-order chi connectivity index (χ1) is 17.6. The number of aromatic nitrogens is 2. The first kappa shape index (κ1) is 25.0. The van der Waals surface area contributed by atoms with E-state index in [4.69, 9.17) is 16.7 Å². The molecular formula is C29H35ClN4O2. The van der Waals surface area contributed by atoms with Crippen LogP contribution in [0.15, 0.2) is 53.3 Å². The quantitative estimate of drug-likeness (QED) is 0.476. The van der Waals surface area contributed by atoms with Crippen LogP contribution in [0.5, 0.6) is 0 Å². The van der Waals surface area contributed by atoms with Gasteiger partial charge in [0.2, 0.25) is 5.91 Å². The number of fused-ring (bicyclic) bond motifs is 1. The fraction of sp³-hybridized carbons (Fsp3) is 0.483. The Labute approximate surface area is 217 Å². The zero-order valence-corrected chi connectivity index (χ0v) is 21.6. The van der Waals surface area contributed by atoms with Crippen LogP contribution in [0.2, 0.25) is 5.02 Å². The first-order valence-corrected chi connectivity index (χ1v) is 13.7. The summed E-state index contributed by atoms with van der Waals surface area (Å²) in [6.45, 7) is 2.54. The SMILES string of the molecule is O=C(CN1CCC[C@@H]1Cn1nc(Cc2ccc(Cl)cc2)c2ccccc2c1=O)NCC1CCCCC1. The van der Waals surface area contributed by atoms with Crippen molar-refractivity contribution in [2.45, 2.75) is 64.0 Å². The van der Waals surface area contributed by atoms with E-state index in [1.807, 2.05) is 48.5 Å². The van der Waals surface area contributed by atoms with Gasteiger partial charge in [-0.25, -0.2) is 4.68 Å². The lowest BCUT2D eigenvalue weighted by Crippen LogP contribution is -2.44. The predicted octanol–water partition coefficient (Wildman–Crippen LogP) is 4.80. The van der Waals surface area contributed by atoms with Crippen molar-refractivity contribution in [3.8, 4) is 0 Å². The molecular weight excluding hydrogens is 472 g/mol. The summed E-state index contributed by atoms with van der Waals surface area (Å²) in [7, 11) is 0. The standard InChI is InChI=1S/C29H35ClN4O2/c30-23-14-12-21(13-15-23)17-27-25-10-4-5-11-26(25)29(36)34(32-27)19-24-9-6-16-33(24)20-28(35)31-18-22-7-2-1-3-8-22/h4-5,10-15,22,24H,1-3,6-9,16-20H2,(H,31,35)/t24-/m1/s1. The minimum Gasteiger partial charge on any atom is -0.355 e. The summed E-state index contributed by atoms with van der Waals surface area (Å²) in [4.78, 5) is 28.3. The molecule has 3 aromatic rings. The molecule has 0 spiro atoms. The Balaban J connectivity index is 1.30.